The SMILES string of the molecule is CNCCC1CCCCN1c1nccc(C)c1C#N. The van der Waals surface area contributed by atoms with Crippen LogP contribution in [0.25, 0.3) is 0 Å². The highest BCUT2D eigenvalue weighted by atomic mass is 15.2. The predicted octanol–water partition coefficient (Wildman–Crippen LogP) is 2.23. The van der Waals surface area contributed by atoms with Gasteiger partial charge in [-0.2, -0.15) is 5.26 Å². The van der Waals surface area contributed by atoms with Gasteiger partial charge in [-0.05, 0) is 57.8 Å². The molecule has 0 saturated carbocycles. The van der Waals surface area contributed by atoms with Crippen molar-refractivity contribution in [2.45, 2.75) is 38.6 Å². The van der Waals surface area contributed by atoms with Crippen molar-refractivity contribution in [2.24, 2.45) is 0 Å². The molecule has 0 bridgehead atoms. The molecule has 1 N–H and O–H groups in total. The first-order valence-corrected chi connectivity index (χ1v) is 7.05. The lowest BCUT2D eigenvalue weighted by Gasteiger charge is -2.37. The lowest BCUT2D eigenvalue weighted by Crippen LogP contribution is -2.42. The molecule has 0 spiro atoms. The summed E-state index contributed by atoms with van der Waals surface area (Å²) in [5.74, 6) is 0.878. The topological polar surface area (TPSA) is 52.0 Å². The minimum absolute atomic E-state index is 0.502. The Morgan fingerprint density at radius 3 is 3.11 bits per heavy atom. The van der Waals surface area contributed by atoms with Gasteiger partial charge in [0.2, 0.25) is 0 Å². The number of nitriles is 1. The molecule has 0 amide bonds. The van der Waals surface area contributed by atoms with Crippen molar-refractivity contribution in [2.75, 3.05) is 25.0 Å². The fourth-order valence-corrected chi connectivity index (χ4v) is 2.79. The first-order chi connectivity index (χ1) is 9.27. The lowest BCUT2D eigenvalue weighted by molar-refractivity contribution is 0.430. The van der Waals surface area contributed by atoms with E-state index in [1.54, 1.807) is 0 Å². The Hall–Kier alpha value is -1.60. The molecule has 1 aromatic heterocycles. The molecule has 102 valence electrons. The van der Waals surface area contributed by atoms with Gasteiger partial charge >= 0.3 is 0 Å². The number of pyridine rings is 1. The van der Waals surface area contributed by atoms with Crippen molar-refractivity contribution in [3.05, 3.63) is 23.4 Å². The number of aryl methyl sites for hydroxylation is 1. The van der Waals surface area contributed by atoms with Crippen molar-refractivity contribution in [3.8, 4) is 6.07 Å². The van der Waals surface area contributed by atoms with Crippen LogP contribution in [0.5, 0.6) is 0 Å². The van der Waals surface area contributed by atoms with Gasteiger partial charge in [0.05, 0.1) is 5.56 Å². The third-order valence-electron chi connectivity index (χ3n) is 3.88. The number of nitrogens with one attached hydrogen (secondary N) is 1. The Kier molecular flexibility index (Phi) is 4.75. The Morgan fingerprint density at radius 2 is 2.37 bits per heavy atom. The summed E-state index contributed by atoms with van der Waals surface area (Å²) in [7, 11) is 1.98. The molecular formula is C15H22N4. The molecular weight excluding hydrogens is 236 g/mol. The Morgan fingerprint density at radius 1 is 1.53 bits per heavy atom. The summed E-state index contributed by atoms with van der Waals surface area (Å²) < 4.78 is 0. The molecule has 0 aromatic carbocycles. The van der Waals surface area contributed by atoms with Crippen LogP contribution < -0.4 is 10.2 Å². The minimum atomic E-state index is 0.502. The normalized spacial score (nSPS) is 19.2. The Bertz CT molecular complexity index is 464. The van der Waals surface area contributed by atoms with E-state index in [0.717, 1.165) is 36.5 Å². The van der Waals surface area contributed by atoms with E-state index in [1.807, 2.05) is 26.2 Å². The zero-order valence-electron chi connectivity index (χ0n) is 11.8. The number of nitrogens with zero attached hydrogens (tertiary/aromatic N) is 3. The molecule has 1 atom stereocenters. The molecule has 0 aliphatic carbocycles. The maximum absolute atomic E-state index is 9.36. The number of hydrogen-bond donors (Lipinski definition) is 1. The Labute approximate surface area is 115 Å². The zero-order chi connectivity index (χ0) is 13.7. The van der Waals surface area contributed by atoms with E-state index >= 15 is 0 Å². The molecule has 1 aromatic rings. The van der Waals surface area contributed by atoms with Crippen LogP contribution in [0.4, 0.5) is 5.82 Å². The highest BCUT2D eigenvalue weighted by Gasteiger charge is 2.25. The van der Waals surface area contributed by atoms with Crippen LogP contribution in [0.2, 0.25) is 0 Å². The molecule has 1 unspecified atom stereocenters. The summed E-state index contributed by atoms with van der Waals surface area (Å²) in [5, 5.41) is 12.6. The van der Waals surface area contributed by atoms with Gasteiger partial charge in [0, 0.05) is 18.8 Å². The van der Waals surface area contributed by atoms with Gasteiger partial charge in [-0.3, -0.25) is 0 Å². The van der Waals surface area contributed by atoms with Gasteiger partial charge in [0.25, 0.3) is 0 Å². The van der Waals surface area contributed by atoms with E-state index < -0.39 is 0 Å². The molecule has 0 radical (unpaired) electrons. The fourth-order valence-electron chi connectivity index (χ4n) is 2.79. The Balaban J connectivity index is 2.27. The maximum atomic E-state index is 9.36. The fraction of sp³-hybridized carbons (Fsp3) is 0.600. The second-order valence-corrected chi connectivity index (χ2v) is 5.17. The van der Waals surface area contributed by atoms with Gasteiger partial charge in [-0.1, -0.05) is 0 Å². The van der Waals surface area contributed by atoms with Crippen molar-refractivity contribution in [3.63, 3.8) is 0 Å². The largest absolute Gasteiger partial charge is 0.352 e. The number of rotatable bonds is 4. The van der Waals surface area contributed by atoms with Crippen LogP contribution in [0.3, 0.4) is 0 Å². The van der Waals surface area contributed by atoms with E-state index in [4.69, 9.17) is 0 Å². The summed E-state index contributed by atoms with van der Waals surface area (Å²) in [6.45, 7) is 4.00. The quantitative estimate of drug-likeness (QED) is 0.900. The van der Waals surface area contributed by atoms with Gasteiger partial charge in [-0.25, -0.2) is 4.98 Å². The first-order valence-electron chi connectivity index (χ1n) is 7.05. The van der Waals surface area contributed by atoms with E-state index in [0.29, 0.717) is 6.04 Å². The second-order valence-electron chi connectivity index (χ2n) is 5.17. The van der Waals surface area contributed by atoms with Crippen LogP contribution in [-0.4, -0.2) is 31.2 Å². The third-order valence-corrected chi connectivity index (χ3v) is 3.88. The molecule has 2 rings (SSSR count). The zero-order valence-corrected chi connectivity index (χ0v) is 11.8. The highest BCUT2D eigenvalue weighted by molar-refractivity contribution is 5.57. The smallest absolute Gasteiger partial charge is 0.146 e. The number of hydrogen-bond acceptors (Lipinski definition) is 4. The highest BCUT2D eigenvalue weighted by Crippen LogP contribution is 2.28. The molecule has 1 aliphatic rings. The second kappa shape index (κ2) is 6.53. The molecule has 1 fully saturated rings. The average molecular weight is 258 g/mol. The molecule has 1 aliphatic heterocycles. The van der Waals surface area contributed by atoms with Crippen molar-refractivity contribution >= 4 is 5.82 Å². The van der Waals surface area contributed by atoms with E-state index in [9.17, 15) is 5.26 Å². The molecule has 2 heterocycles. The minimum Gasteiger partial charge on any atom is -0.352 e. The van der Waals surface area contributed by atoms with Crippen molar-refractivity contribution < 1.29 is 0 Å². The molecule has 19 heavy (non-hydrogen) atoms. The summed E-state index contributed by atoms with van der Waals surface area (Å²) in [5.41, 5.74) is 1.75. The van der Waals surface area contributed by atoms with Crippen LogP contribution in [0, 0.1) is 18.3 Å². The van der Waals surface area contributed by atoms with Crippen LogP contribution in [-0.2, 0) is 0 Å². The molecule has 1 saturated heterocycles. The van der Waals surface area contributed by atoms with Gasteiger partial charge in [0.1, 0.15) is 11.9 Å². The van der Waals surface area contributed by atoms with Gasteiger partial charge < -0.3 is 10.2 Å². The van der Waals surface area contributed by atoms with Crippen LogP contribution in [0.15, 0.2) is 12.3 Å². The number of piperidine rings is 1. The molecule has 4 nitrogen and oxygen atoms in total. The van der Waals surface area contributed by atoms with Gasteiger partial charge in [-0.15, -0.1) is 0 Å². The summed E-state index contributed by atoms with van der Waals surface area (Å²) in [6, 6.07) is 4.73. The predicted molar refractivity (Wildman–Crippen MR) is 77.2 cm³/mol. The van der Waals surface area contributed by atoms with Crippen molar-refractivity contribution in [1.82, 2.24) is 10.3 Å². The maximum Gasteiger partial charge on any atom is 0.146 e. The van der Waals surface area contributed by atoms with E-state index in [2.05, 4.69) is 21.3 Å². The average Bonchev–Trinajstić information content (AvgIpc) is 2.45. The standard InChI is InChI=1S/C15H22N4/c1-12-6-9-18-15(14(12)11-16)19-10-4-3-5-13(19)7-8-17-2/h6,9,13,17H,3-5,7-8,10H2,1-2H3. The molecule has 4 heteroatoms. The van der Waals surface area contributed by atoms with Crippen molar-refractivity contribution in [1.29, 1.82) is 5.26 Å². The van der Waals surface area contributed by atoms with Crippen LogP contribution >= 0.6 is 0 Å². The summed E-state index contributed by atoms with van der Waals surface area (Å²) in [4.78, 5) is 6.82. The summed E-state index contributed by atoms with van der Waals surface area (Å²) in [6.07, 6.45) is 6.59. The van der Waals surface area contributed by atoms with E-state index in [-0.39, 0.29) is 0 Å². The first kappa shape index (κ1) is 13.8. The number of aromatic nitrogens is 1. The summed E-state index contributed by atoms with van der Waals surface area (Å²) >= 11 is 0. The van der Waals surface area contributed by atoms with Gasteiger partial charge in [0.15, 0.2) is 0 Å². The number of anilines is 1. The van der Waals surface area contributed by atoms with Crippen LogP contribution in [0.1, 0.15) is 36.8 Å². The monoisotopic (exact) mass is 258 g/mol. The van der Waals surface area contributed by atoms with E-state index in [1.165, 1.54) is 19.3 Å². The third kappa shape index (κ3) is 3.05. The lowest BCUT2D eigenvalue weighted by atomic mass is 9.98.